The van der Waals surface area contributed by atoms with Crippen LogP contribution >= 0.6 is 23.2 Å². The first kappa shape index (κ1) is 53.4. The number of aliphatic carboxylic acids is 2. The lowest BCUT2D eigenvalue weighted by Gasteiger charge is -2.20. The van der Waals surface area contributed by atoms with Gasteiger partial charge in [-0.05, 0) is 84.3 Å². The highest BCUT2D eigenvalue weighted by Crippen LogP contribution is 2.37. The number of rotatable bonds is 27. The van der Waals surface area contributed by atoms with Crippen LogP contribution in [0.1, 0.15) is 68.5 Å². The predicted molar refractivity (Wildman–Crippen MR) is 271 cm³/mol. The van der Waals surface area contributed by atoms with Crippen LogP contribution in [0.25, 0.3) is 11.1 Å². The number of carbonyl (C=O) groups is 2. The summed E-state index contributed by atoms with van der Waals surface area (Å²) in [4.78, 5) is 36.2. The Labute approximate surface area is 421 Å². The number of aromatic nitrogens is 2. The number of aliphatic hydroxyl groups is 2. The topological polar surface area (TPSA) is 238 Å². The summed E-state index contributed by atoms with van der Waals surface area (Å²) in [7, 11) is 1.67. The number of ether oxygens (including phenoxy) is 4. The molecule has 0 radical (unpaired) electrons. The number of carboxylic acid groups (broad SMARTS) is 2. The molecule has 6 aromatic rings. The van der Waals surface area contributed by atoms with Crippen LogP contribution in [0.5, 0.6) is 23.0 Å². The maximum atomic E-state index is 11.8. The molecule has 6 rings (SSSR count). The zero-order valence-electron chi connectivity index (χ0n) is 39.5. The first-order chi connectivity index (χ1) is 34.3. The quantitative estimate of drug-likeness (QED) is 0.0241. The Hall–Kier alpha value is -6.92. The van der Waals surface area contributed by atoms with Crippen molar-refractivity contribution in [2.24, 2.45) is 4.99 Å². The molecule has 7 N–H and O–H groups in total. The fourth-order valence-electron chi connectivity index (χ4n) is 7.64. The standard InChI is InChI=1S/C53H56Cl2N6O10/c1-32-38(30-70-50-18-48(68-28-36-14-34(20-56)22-58-24-36)40(16-44(50)54)26-60-46(10-12-62)52(64)65)6-4-8-42(32)43-9-5-7-39(33(43)2)31-71-51-19-49(69-29-37-15-35(21-57-3)23-59-25-37)41(17-45(51)55)27-61-47(11-13-63)53(66)67/h4-9,14-25,46-47,56,60-63H,10-13,26-31H2,1-3H3,(H,64,65)(H,66,67)/t46-,47-/m0/s1. The second-order valence-corrected chi connectivity index (χ2v) is 17.3. The minimum Gasteiger partial charge on any atom is -0.488 e. The number of pyridine rings is 2. The van der Waals surface area contributed by atoms with Gasteiger partial charge in [-0.3, -0.25) is 24.5 Å². The molecule has 0 aliphatic carbocycles. The van der Waals surface area contributed by atoms with Crippen LogP contribution in [-0.4, -0.2) is 87.1 Å². The Bertz CT molecular complexity index is 2850. The Kier molecular flexibility index (Phi) is 19.8. The molecule has 0 bridgehead atoms. The van der Waals surface area contributed by atoms with Gasteiger partial charge < -0.3 is 55.4 Å². The van der Waals surface area contributed by atoms with Crippen molar-refractivity contribution in [1.29, 1.82) is 5.41 Å². The van der Waals surface area contributed by atoms with Gasteiger partial charge in [0.1, 0.15) is 61.5 Å². The van der Waals surface area contributed by atoms with Crippen molar-refractivity contribution in [1.82, 2.24) is 20.6 Å². The van der Waals surface area contributed by atoms with E-state index in [2.05, 4.69) is 25.6 Å². The summed E-state index contributed by atoms with van der Waals surface area (Å²) < 4.78 is 25.3. The normalized spacial score (nSPS) is 12.1. The second kappa shape index (κ2) is 26.3. The van der Waals surface area contributed by atoms with Gasteiger partial charge >= 0.3 is 11.9 Å². The van der Waals surface area contributed by atoms with Crippen LogP contribution in [0, 0.1) is 19.3 Å². The van der Waals surface area contributed by atoms with E-state index in [1.54, 1.807) is 68.4 Å². The number of aliphatic hydroxyl groups excluding tert-OH is 2. The van der Waals surface area contributed by atoms with Crippen LogP contribution in [0.2, 0.25) is 10.0 Å². The minimum atomic E-state index is -1.10. The Morgan fingerprint density at radius 2 is 1.07 bits per heavy atom. The summed E-state index contributed by atoms with van der Waals surface area (Å²) in [5.41, 5.74) is 9.81. The monoisotopic (exact) mass is 1010 g/mol. The highest BCUT2D eigenvalue weighted by atomic mass is 35.5. The zero-order chi connectivity index (χ0) is 50.9. The van der Waals surface area contributed by atoms with E-state index in [4.69, 9.17) is 47.6 Å². The maximum Gasteiger partial charge on any atom is 0.320 e. The van der Waals surface area contributed by atoms with Crippen LogP contribution in [-0.2, 0) is 49.1 Å². The third kappa shape index (κ3) is 14.8. The van der Waals surface area contributed by atoms with Gasteiger partial charge in [0.05, 0.1) is 10.0 Å². The average Bonchev–Trinajstić information content (AvgIpc) is 3.36. The third-order valence-electron chi connectivity index (χ3n) is 11.6. The Morgan fingerprint density at radius 1 is 0.634 bits per heavy atom. The van der Waals surface area contributed by atoms with Gasteiger partial charge in [-0.25, -0.2) is 0 Å². The second-order valence-electron chi connectivity index (χ2n) is 16.5. The van der Waals surface area contributed by atoms with E-state index < -0.39 is 24.0 Å². The van der Waals surface area contributed by atoms with Crippen molar-refractivity contribution < 1.29 is 49.0 Å². The van der Waals surface area contributed by atoms with E-state index in [0.29, 0.717) is 50.3 Å². The molecular weight excluding hydrogens is 952 g/mol. The van der Waals surface area contributed by atoms with Gasteiger partial charge in [-0.1, -0.05) is 59.6 Å². The number of halogens is 2. The SMILES string of the molecule is CN=Cc1cncc(COc2cc(OCc3cccc(-c4cccc(COc5cc(OCc6cncc(C=N)c6)c(CN[C@@H](CCO)C(=O)O)cc5Cl)c4C)c3C)c(Cl)cc2CN[C@@H](CCO)C(=O)O)c1. The number of hydrogen-bond donors (Lipinski definition) is 7. The molecule has 0 amide bonds. The van der Waals surface area contributed by atoms with Gasteiger partial charge in [-0.15, -0.1) is 0 Å². The number of nitrogens with zero attached hydrogens (tertiary/aromatic N) is 3. The number of benzene rings is 4. The zero-order valence-corrected chi connectivity index (χ0v) is 41.0. The lowest BCUT2D eigenvalue weighted by atomic mass is 9.92. The summed E-state index contributed by atoms with van der Waals surface area (Å²) in [6.45, 7) is 4.17. The first-order valence-corrected chi connectivity index (χ1v) is 23.4. The number of aliphatic imine (C=N–C) groups is 1. The molecule has 372 valence electrons. The molecule has 2 aromatic heterocycles. The van der Waals surface area contributed by atoms with Crippen molar-refractivity contribution in [3.05, 3.63) is 163 Å². The fraction of sp³-hybridized carbons (Fsp3) is 0.283. The molecule has 2 heterocycles. The maximum absolute atomic E-state index is 11.8. The summed E-state index contributed by atoms with van der Waals surface area (Å²) >= 11 is 13.6. The lowest BCUT2D eigenvalue weighted by molar-refractivity contribution is -0.140. The van der Waals surface area contributed by atoms with E-state index in [-0.39, 0.29) is 70.6 Å². The van der Waals surface area contributed by atoms with Crippen LogP contribution in [0.3, 0.4) is 0 Å². The Morgan fingerprint density at radius 3 is 1.49 bits per heavy atom. The smallest absolute Gasteiger partial charge is 0.320 e. The molecule has 2 atom stereocenters. The van der Waals surface area contributed by atoms with E-state index in [0.717, 1.165) is 44.5 Å². The van der Waals surface area contributed by atoms with Gasteiger partial charge in [0.15, 0.2) is 0 Å². The molecule has 0 saturated carbocycles. The molecule has 0 aliphatic rings. The first-order valence-electron chi connectivity index (χ1n) is 22.6. The molecule has 0 saturated heterocycles. The summed E-state index contributed by atoms with van der Waals surface area (Å²) in [6, 6.07) is 20.3. The highest BCUT2D eigenvalue weighted by Gasteiger charge is 2.21. The van der Waals surface area contributed by atoms with Crippen molar-refractivity contribution >= 4 is 47.6 Å². The van der Waals surface area contributed by atoms with E-state index in [1.165, 1.54) is 6.21 Å². The summed E-state index contributed by atoms with van der Waals surface area (Å²) in [5.74, 6) is -0.670. The third-order valence-corrected chi connectivity index (χ3v) is 12.1. The molecule has 18 heteroatoms. The van der Waals surface area contributed by atoms with Crippen LogP contribution in [0.15, 0.2) is 103 Å². The van der Waals surface area contributed by atoms with Crippen molar-refractivity contribution in [2.45, 2.75) is 78.3 Å². The van der Waals surface area contributed by atoms with E-state index >= 15 is 0 Å². The molecule has 71 heavy (non-hydrogen) atoms. The molecular formula is C53H56Cl2N6O10. The fourth-order valence-corrected chi connectivity index (χ4v) is 8.12. The summed E-state index contributed by atoms with van der Waals surface area (Å²) in [5, 5.41) is 52.3. The number of nitrogens with one attached hydrogen (secondary N) is 3. The van der Waals surface area contributed by atoms with Crippen molar-refractivity contribution in [2.75, 3.05) is 20.3 Å². The average molecular weight is 1010 g/mol. The van der Waals surface area contributed by atoms with E-state index in [9.17, 15) is 30.0 Å². The van der Waals surface area contributed by atoms with Gasteiger partial charge in [0, 0.05) is 116 Å². The molecule has 0 aliphatic heterocycles. The Balaban J connectivity index is 1.21. The number of hydrogen-bond acceptors (Lipinski definition) is 14. The predicted octanol–water partition coefficient (Wildman–Crippen LogP) is 8.28. The van der Waals surface area contributed by atoms with Gasteiger partial charge in [0.2, 0.25) is 0 Å². The summed E-state index contributed by atoms with van der Waals surface area (Å²) in [6.07, 6.45) is 9.49. The van der Waals surface area contributed by atoms with Crippen molar-refractivity contribution in [3.8, 4) is 34.1 Å². The van der Waals surface area contributed by atoms with Crippen molar-refractivity contribution in [3.63, 3.8) is 0 Å². The minimum absolute atomic E-state index is 0.0107. The molecule has 4 aromatic carbocycles. The van der Waals surface area contributed by atoms with Crippen LogP contribution in [0.4, 0.5) is 0 Å². The lowest BCUT2D eigenvalue weighted by Crippen LogP contribution is -2.37. The van der Waals surface area contributed by atoms with E-state index in [1.807, 2.05) is 56.3 Å². The molecule has 16 nitrogen and oxygen atoms in total. The molecule has 0 unspecified atom stereocenters. The van der Waals surface area contributed by atoms with Gasteiger partial charge in [0.25, 0.3) is 0 Å². The largest absolute Gasteiger partial charge is 0.488 e. The molecule has 0 spiro atoms. The van der Waals surface area contributed by atoms with Gasteiger partial charge in [-0.2, -0.15) is 0 Å². The number of carboxylic acids is 2. The molecule has 0 fully saturated rings. The highest BCUT2D eigenvalue weighted by molar-refractivity contribution is 6.32. The van der Waals surface area contributed by atoms with Crippen LogP contribution < -0.4 is 29.6 Å².